The van der Waals surface area contributed by atoms with Crippen molar-refractivity contribution in [3.8, 4) is 5.75 Å². The predicted molar refractivity (Wildman–Crippen MR) is 45.2 cm³/mol. The van der Waals surface area contributed by atoms with Gasteiger partial charge in [0.1, 0.15) is 0 Å². The summed E-state index contributed by atoms with van der Waals surface area (Å²) in [5.74, 6) is -2.90. The van der Waals surface area contributed by atoms with E-state index in [0.717, 1.165) is 12.1 Å². The molecule has 0 amide bonds. The van der Waals surface area contributed by atoms with Gasteiger partial charge in [0.15, 0.2) is 17.4 Å². The van der Waals surface area contributed by atoms with Crippen LogP contribution in [0, 0.1) is 11.6 Å². The van der Waals surface area contributed by atoms with Crippen LogP contribution in [0.15, 0.2) is 12.1 Å². The van der Waals surface area contributed by atoms with E-state index in [1.165, 1.54) is 0 Å². The lowest BCUT2D eigenvalue weighted by Crippen LogP contribution is -2.09. The van der Waals surface area contributed by atoms with Crippen LogP contribution in [-0.2, 0) is 0 Å². The zero-order valence-corrected chi connectivity index (χ0v) is 7.22. The van der Waals surface area contributed by atoms with Gasteiger partial charge in [-0.05, 0) is 24.1 Å². The standard InChI is InChI=1S/C9H11F2NO/c1-2-8(12)5-3-6(10)9(13)7(11)4-5/h3-4,8,13H,2,12H2,1H3/t8-/m0/s1. The van der Waals surface area contributed by atoms with Crippen LogP contribution in [0.25, 0.3) is 0 Å². The summed E-state index contributed by atoms with van der Waals surface area (Å²) >= 11 is 0. The van der Waals surface area contributed by atoms with Crippen LogP contribution >= 0.6 is 0 Å². The van der Waals surface area contributed by atoms with Gasteiger partial charge in [0.25, 0.3) is 0 Å². The molecular weight excluding hydrogens is 176 g/mol. The summed E-state index contributed by atoms with van der Waals surface area (Å²) in [5.41, 5.74) is 5.92. The van der Waals surface area contributed by atoms with Crippen LogP contribution in [0.3, 0.4) is 0 Å². The lowest BCUT2D eigenvalue weighted by atomic mass is 10.1. The Bertz CT molecular complexity index is 291. The lowest BCUT2D eigenvalue weighted by Gasteiger charge is -2.09. The van der Waals surface area contributed by atoms with Gasteiger partial charge in [-0.25, -0.2) is 8.78 Å². The summed E-state index contributed by atoms with van der Waals surface area (Å²) in [6.07, 6.45) is 0.587. The minimum absolute atomic E-state index is 0.357. The van der Waals surface area contributed by atoms with E-state index in [4.69, 9.17) is 10.8 Å². The highest BCUT2D eigenvalue weighted by atomic mass is 19.1. The van der Waals surface area contributed by atoms with Crippen molar-refractivity contribution in [3.05, 3.63) is 29.3 Å². The largest absolute Gasteiger partial charge is 0.503 e. The van der Waals surface area contributed by atoms with Crippen molar-refractivity contribution >= 4 is 0 Å². The van der Waals surface area contributed by atoms with Crippen LogP contribution in [-0.4, -0.2) is 5.11 Å². The number of hydrogen-bond acceptors (Lipinski definition) is 2. The summed E-state index contributed by atoms with van der Waals surface area (Å²) in [7, 11) is 0. The molecule has 0 aliphatic rings. The van der Waals surface area contributed by atoms with Crippen molar-refractivity contribution in [2.24, 2.45) is 5.73 Å². The van der Waals surface area contributed by atoms with Crippen molar-refractivity contribution in [2.75, 3.05) is 0 Å². The zero-order valence-electron chi connectivity index (χ0n) is 7.22. The van der Waals surface area contributed by atoms with Crippen LogP contribution in [0.1, 0.15) is 24.9 Å². The van der Waals surface area contributed by atoms with Gasteiger partial charge in [-0.15, -0.1) is 0 Å². The second kappa shape index (κ2) is 3.70. The zero-order chi connectivity index (χ0) is 10.0. The quantitative estimate of drug-likeness (QED) is 0.744. The molecule has 3 N–H and O–H groups in total. The van der Waals surface area contributed by atoms with Crippen molar-refractivity contribution in [2.45, 2.75) is 19.4 Å². The monoisotopic (exact) mass is 187 g/mol. The number of phenols is 1. The fourth-order valence-corrected chi connectivity index (χ4v) is 1.03. The Kier molecular flexibility index (Phi) is 2.83. The van der Waals surface area contributed by atoms with E-state index in [0.29, 0.717) is 12.0 Å². The van der Waals surface area contributed by atoms with E-state index in [2.05, 4.69) is 0 Å². The molecule has 1 atom stereocenters. The van der Waals surface area contributed by atoms with Gasteiger partial charge in [-0.2, -0.15) is 0 Å². The van der Waals surface area contributed by atoms with Crippen molar-refractivity contribution < 1.29 is 13.9 Å². The van der Waals surface area contributed by atoms with Gasteiger partial charge < -0.3 is 10.8 Å². The predicted octanol–water partition coefficient (Wildman–Crippen LogP) is 2.08. The first kappa shape index (κ1) is 9.92. The molecule has 0 saturated carbocycles. The molecule has 1 aromatic rings. The molecule has 0 aromatic heterocycles. The topological polar surface area (TPSA) is 46.2 Å². The average molecular weight is 187 g/mol. The molecule has 0 bridgehead atoms. The third-order valence-corrected chi connectivity index (χ3v) is 1.91. The second-order valence-electron chi connectivity index (χ2n) is 2.85. The molecule has 72 valence electrons. The Morgan fingerprint density at radius 3 is 2.23 bits per heavy atom. The van der Waals surface area contributed by atoms with Crippen LogP contribution < -0.4 is 5.73 Å². The average Bonchev–Trinajstić information content (AvgIpc) is 2.12. The second-order valence-corrected chi connectivity index (χ2v) is 2.85. The molecule has 0 aliphatic heterocycles. The molecule has 2 nitrogen and oxygen atoms in total. The minimum Gasteiger partial charge on any atom is -0.503 e. The van der Waals surface area contributed by atoms with E-state index >= 15 is 0 Å². The van der Waals surface area contributed by atoms with Gasteiger partial charge in [-0.3, -0.25) is 0 Å². The number of phenolic OH excluding ortho intramolecular Hbond substituents is 1. The van der Waals surface area contributed by atoms with Gasteiger partial charge in [0.05, 0.1) is 0 Å². The van der Waals surface area contributed by atoms with E-state index in [1.807, 2.05) is 6.92 Å². The maximum Gasteiger partial charge on any atom is 0.187 e. The summed E-state index contributed by atoms with van der Waals surface area (Å²) in [6, 6.07) is 1.70. The molecule has 0 unspecified atom stereocenters. The van der Waals surface area contributed by atoms with E-state index in [1.54, 1.807) is 0 Å². The number of nitrogens with two attached hydrogens (primary N) is 1. The Morgan fingerprint density at radius 2 is 1.85 bits per heavy atom. The number of rotatable bonds is 2. The van der Waals surface area contributed by atoms with Gasteiger partial charge in [-0.1, -0.05) is 6.92 Å². The minimum atomic E-state index is -0.973. The molecule has 0 spiro atoms. The Morgan fingerprint density at radius 1 is 1.38 bits per heavy atom. The van der Waals surface area contributed by atoms with E-state index in [9.17, 15) is 8.78 Å². The molecule has 1 aromatic carbocycles. The van der Waals surface area contributed by atoms with Crippen LogP contribution in [0.5, 0.6) is 5.75 Å². The molecule has 0 radical (unpaired) electrons. The lowest BCUT2D eigenvalue weighted by molar-refractivity contribution is 0.394. The fraction of sp³-hybridized carbons (Fsp3) is 0.333. The van der Waals surface area contributed by atoms with Crippen molar-refractivity contribution in [1.29, 1.82) is 0 Å². The Balaban J connectivity index is 3.13. The smallest absolute Gasteiger partial charge is 0.187 e. The summed E-state index contributed by atoms with van der Waals surface area (Å²) < 4.78 is 25.6. The van der Waals surface area contributed by atoms with E-state index in [-0.39, 0.29) is 0 Å². The third kappa shape index (κ3) is 1.95. The summed E-state index contributed by atoms with van der Waals surface area (Å²) in [6.45, 7) is 1.81. The summed E-state index contributed by atoms with van der Waals surface area (Å²) in [4.78, 5) is 0. The number of benzene rings is 1. The van der Waals surface area contributed by atoms with Crippen LogP contribution in [0.4, 0.5) is 8.78 Å². The fourth-order valence-electron chi connectivity index (χ4n) is 1.03. The molecule has 0 heterocycles. The third-order valence-electron chi connectivity index (χ3n) is 1.91. The van der Waals surface area contributed by atoms with Crippen molar-refractivity contribution in [3.63, 3.8) is 0 Å². The Labute approximate surface area is 75.0 Å². The van der Waals surface area contributed by atoms with Crippen LogP contribution in [0.2, 0.25) is 0 Å². The van der Waals surface area contributed by atoms with Gasteiger partial charge in [0.2, 0.25) is 0 Å². The highest BCUT2D eigenvalue weighted by molar-refractivity contribution is 5.31. The molecule has 13 heavy (non-hydrogen) atoms. The molecule has 4 heteroatoms. The molecule has 0 saturated heterocycles. The van der Waals surface area contributed by atoms with Gasteiger partial charge >= 0.3 is 0 Å². The van der Waals surface area contributed by atoms with Gasteiger partial charge in [0, 0.05) is 6.04 Å². The molecule has 1 rings (SSSR count). The SMILES string of the molecule is CC[C@H](N)c1cc(F)c(O)c(F)c1. The summed E-state index contributed by atoms with van der Waals surface area (Å²) in [5, 5.41) is 8.79. The normalized spacial score (nSPS) is 12.9. The molecule has 0 fully saturated rings. The first-order chi connectivity index (χ1) is 6.06. The number of halogens is 2. The van der Waals surface area contributed by atoms with E-state index < -0.39 is 23.4 Å². The maximum atomic E-state index is 12.8. The van der Waals surface area contributed by atoms with Crippen molar-refractivity contribution in [1.82, 2.24) is 0 Å². The highest BCUT2D eigenvalue weighted by Crippen LogP contribution is 2.24. The molecular formula is C9H11F2NO. The number of aromatic hydroxyl groups is 1. The first-order valence-corrected chi connectivity index (χ1v) is 3.99. The number of hydrogen-bond donors (Lipinski definition) is 2. The Hall–Kier alpha value is -1.16. The maximum absolute atomic E-state index is 12.8. The highest BCUT2D eigenvalue weighted by Gasteiger charge is 2.12. The first-order valence-electron chi connectivity index (χ1n) is 3.99. The molecule has 0 aliphatic carbocycles.